The van der Waals surface area contributed by atoms with Gasteiger partial charge in [0.15, 0.2) is 5.69 Å². The van der Waals surface area contributed by atoms with Crippen LogP contribution in [0.1, 0.15) is 31.3 Å². The Kier molecular flexibility index (Phi) is 5.36. The fraction of sp³-hybridized carbons (Fsp3) is 0.500. The van der Waals surface area contributed by atoms with Gasteiger partial charge >= 0.3 is 5.97 Å². The van der Waals surface area contributed by atoms with Gasteiger partial charge in [0, 0.05) is 37.1 Å². The highest BCUT2D eigenvalue weighted by Gasteiger charge is 2.25. The number of nitrogens with zero attached hydrogens (tertiary/aromatic N) is 4. The van der Waals surface area contributed by atoms with Crippen molar-refractivity contribution in [1.29, 1.82) is 0 Å². The first kappa shape index (κ1) is 18.5. The second kappa shape index (κ2) is 7.53. The maximum absolute atomic E-state index is 12.2. The number of esters is 1. The van der Waals surface area contributed by atoms with E-state index in [1.165, 1.54) is 0 Å². The van der Waals surface area contributed by atoms with Crippen molar-refractivity contribution in [1.82, 2.24) is 14.3 Å². The molecule has 3 rings (SSSR count). The Labute approximate surface area is 157 Å². The fourth-order valence-electron chi connectivity index (χ4n) is 3.16. The standard InChI is InChI=1S/C18H23ClN4O3/c1-4-26-18(25)16-14-9-13(19)10-15(23(14)11-20-16)21-5-7-22(8-6-21)17(24)12(2)3/h9-12H,4-8H2,1-3H3. The minimum absolute atomic E-state index is 0.000196. The average Bonchev–Trinajstić information content (AvgIpc) is 3.04. The van der Waals surface area contributed by atoms with E-state index in [9.17, 15) is 9.59 Å². The molecule has 0 N–H and O–H groups in total. The van der Waals surface area contributed by atoms with E-state index in [1.54, 1.807) is 19.3 Å². The summed E-state index contributed by atoms with van der Waals surface area (Å²) >= 11 is 6.29. The molecule has 2 aromatic heterocycles. The lowest BCUT2D eigenvalue weighted by molar-refractivity contribution is -0.134. The molecular formula is C18H23ClN4O3. The molecule has 7 nitrogen and oxygen atoms in total. The van der Waals surface area contributed by atoms with Gasteiger partial charge in [0.25, 0.3) is 0 Å². The maximum atomic E-state index is 12.2. The summed E-state index contributed by atoms with van der Waals surface area (Å²) in [5.41, 5.74) is 0.871. The smallest absolute Gasteiger partial charge is 0.359 e. The van der Waals surface area contributed by atoms with Crippen LogP contribution >= 0.6 is 11.6 Å². The zero-order chi connectivity index (χ0) is 18.8. The Bertz CT molecular complexity index is 825. The first-order valence-corrected chi connectivity index (χ1v) is 9.17. The molecule has 1 aliphatic rings. The molecule has 2 aromatic rings. The van der Waals surface area contributed by atoms with Crippen LogP contribution in [0.2, 0.25) is 5.02 Å². The van der Waals surface area contributed by atoms with Gasteiger partial charge in [-0.25, -0.2) is 9.78 Å². The summed E-state index contributed by atoms with van der Waals surface area (Å²) in [5.74, 6) is 0.566. The topological polar surface area (TPSA) is 67.2 Å². The molecule has 0 radical (unpaired) electrons. The van der Waals surface area contributed by atoms with Crippen LogP contribution in [0, 0.1) is 5.92 Å². The molecular weight excluding hydrogens is 356 g/mol. The molecule has 0 atom stereocenters. The lowest BCUT2D eigenvalue weighted by atomic mass is 10.1. The molecule has 0 unspecified atom stereocenters. The number of hydrogen-bond donors (Lipinski definition) is 0. The number of fused-ring (bicyclic) bond motifs is 1. The second-order valence-corrected chi connectivity index (χ2v) is 7.00. The van der Waals surface area contributed by atoms with Gasteiger partial charge in [-0.15, -0.1) is 0 Å². The van der Waals surface area contributed by atoms with E-state index >= 15 is 0 Å². The number of pyridine rings is 1. The fourth-order valence-corrected chi connectivity index (χ4v) is 3.37. The number of rotatable bonds is 4. The zero-order valence-corrected chi connectivity index (χ0v) is 16.0. The van der Waals surface area contributed by atoms with Gasteiger partial charge in [0.2, 0.25) is 5.91 Å². The average molecular weight is 379 g/mol. The Morgan fingerprint density at radius 2 is 1.92 bits per heavy atom. The predicted molar refractivity (Wildman–Crippen MR) is 99.8 cm³/mol. The number of halogens is 1. The number of piperazine rings is 1. The van der Waals surface area contributed by atoms with Crippen LogP contribution in [0.4, 0.5) is 5.82 Å². The Morgan fingerprint density at radius 3 is 2.54 bits per heavy atom. The number of imidazole rings is 1. The number of ether oxygens (including phenoxy) is 1. The lowest BCUT2D eigenvalue weighted by Crippen LogP contribution is -2.50. The van der Waals surface area contributed by atoms with E-state index in [0.29, 0.717) is 36.7 Å². The monoisotopic (exact) mass is 378 g/mol. The van der Waals surface area contributed by atoms with Crippen LogP contribution in [0.25, 0.3) is 5.52 Å². The SMILES string of the molecule is CCOC(=O)c1ncn2c(N3CCN(C(=O)C(C)C)CC3)cc(Cl)cc12. The van der Waals surface area contributed by atoms with E-state index in [4.69, 9.17) is 16.3 Å². The quantitative estimate of drug-likeness (QED) is 0.764. The van der Waals surface area contributed by atoms with Gasteiger partial charge in [-0.1, -0.05) is 25.4 Å². The molecule has 140 valence electrons. The molecule has 0 saturated carbocycles. The van der Waals surface area contributed by atoms with Crippen molar-refractivity contribution >= 4 is 34.8 Å². The Hall–Kier alpha value is -2.28. The van der Waals surface area contributed by atoms with Gasteiger partial charge in [0.05, 0.1) is 12.1 Å². The molecule has 0 spiro atoms. The van der Waals surface area contributed by atoms with Crippen molar-refractivity contribution in [3.63, 3.8) is 0 Å². The minimum atomic E-state index is -0.462. The van der Waals surface area contributed by atoms with Crippen LogP contribution in [-0.4, -0.2) is 58.9 Å². The first-order valence-electron chi connectivity index (χ1n) is 8.79. The molecule has 1 amide bonds. The summed E-state index contributed by atoms with van der Waals surface area (Å²) in [7, 11) is 0. The van der Waals surface area contributed by atoms with Crippen LogP contribution in [-0.2, 0) is 9.53 Å². The summed E-state index contributed by atoms with van der Waals surface area (Å²) in [6.45, 7) is 8.58. The van der Waals surface area contributed by atoms with E-state index in [-0.39, 0.29) is 24.1 Å². The number of aromatic nitrogens is 2. The van der Waals surface area contributed by atoms with Crippen molar-refractivity contribution in [2.24, 2.45) is 5.92 Å². The minimum Gasteiger partial charge on any atom is -0.461 e. The molecule has 1 saturated heterocycles. The number of carbonyl (C=O) groups is 2. The summed E-state index contributed by atoms with van der Waals surface area (Å²) in [6, 6.07) is 3.56. The number of carbonyl (C=O) groups excluding carboxylic acids is 2. The normalized spacial score (nSPS) is 15.0. The third kappa shape index (κ3) is 3.49. The Morgan fingerprint density at radius 1 is 1.23 bits per heavy atom. The van der Waals surface area contributed by atoms with Crippen LogP contribution < -0.4 is 4.90 Å². The zero-order valence-electron chi connectivity index (χ0n) is 15.2. The van der Waals surface area contributed by atoms with Crippen LogP contribution in [0.3, 0.4) is 0 Å². The van der Waals surface area contributed by atoms with E-state index in [1.807, 2.05) is 29.2 Å². The molecule has 1 aliphatic heterocycles. The van der Waals surface area contributed by atoms with Gasteiger partial charge in [-0.3, -0.25) is 9.20 Å². The van der Waals surface area contributed by atoms with E-state index < -0.39 is 5.97 Å². The van der Waals surface area contributed by atoms with Crippen molar-refractivity contribution in [2.75, 3.05) is 37.7 Å². The number of amides is 1. The summed E-state index contributed by atoms with van der Waals surface area (Å²) < 4.78 is 6.91. The third-order valence-electron chi connectivity index (χ3n) is 4.47. The lowest BCUT2D eigenvalue weighted by Gasteiger charge is -2.37. The van der Waals surface area contributed by atoms with Crippen molar-refractivity contribution < 1.29 is 14.3 Å². The third-order valence-corrected chi connectivity index (χ3v) is 4.69. The largest absolute Gasteiger partial charge is 0.461 e. The van der Waals surface area contributed by atoms with Crippen LogP contribution in [0.5, 0.6) is 0 Å². The van der Waals surface area contributed by atoms with Crippen molar-refractivity contribution in [3.05, 3.63) is 29.2 Å². The summed E-state index contributed by atoms with van der Waals surface area (Å²) in [5, 5.41) is 0.527. The maximum Gasteiger partial charge on any atom is 0.359 e. The highest BCUT2D eigenvalue weighted by atomic mass is 35.5. The first-order chi connectivity index (χ1) is 12.4. The van der Waals surface area contributed by atoms with E-state index in [0.717, 1.165) is 5.82 Å². The number of hydrogen-bond acceptors (Lipinski definition) is 5. The van der Waals surface area contributed by atoms with Gasteiger partial charge in [-0.2, -0.15) is 0 Å². The highest BCUT2D eigenvalue weighted by Crippen LogP contribution is 2.26. The second-order valence-electron chi connectivity index (χ2n) is 6.57. The predicted octanol–water partition coefficient (Wildman–Crippen LogP) is 2.47. The molecule has 8 heteroatoms. The molecule has 3 heterocycles. The van der Waals surface area contributed by atoms with Gasteiger partial charge in [0.1, 0.15) is 12.1 Å². The summed E-state index contributed by atoms with van der Waals surface area (Å²) in [6.07, 6.45) is 1.61. The number of anilines is 1. The molecule has 26 heavy (non-hydrogen) atoms. The highest BCUT2D eigenvalue weighted by molar-refractivity contribution is 6.31. The Balaban J connectivity index is 1.87. The molecule has 0 bridgehead atoms. The molecule has 1 fully saturated rings. The van der Waals surface area contributed by atoms with Gasteiger partial charge in [-0.05, 0) is 19.1 Å². The van der Waals surface area contributed by atoms with Crippen molar-refractivity contribution in [2.45, 2.75) is 20.8 Å². The van der Waals surface area contributed by atoms with Gasteiger partial charge < -0.3 is 14.5 Å². The molecule has 0 aromatic carbocycles. The summed E-state index contributed by atoms with van der Waals surface area (Å²) in [4.78, 5) is 32.5. The van der Waals surface area contributed by atoms with E-state index in [2.05, 4.69) is 9.88 Å². The van der Waals surface area contributed by atoms with Crippen LogP contribution in [0.15, 0.2) is 18.5 Å². The van der Waals surface area contributed by atoms with Crippen molar-refractivity contribution in [3.8, 4) is 0 Å². The molecule has 0 aliphatic carbocycles.